The van der Waals surface area contributed by atoms with Crippen LogP contribution in [0.25, 0.3) is 0 Å². The zero-order chi connectivity index (χ0) is 14.0. The highest BCUT2D eigenvalue weighted by atomic mass is 79.9. The lowest BCUT2D eigenvalue weighted by Crippen LogP contribution is -2.13. The van der Waals surface area contributed by atoms with Gasteiger partial charge in [0.05, 0.1) is 15.1 Å². The van der Waals surface area contributed by atoms with Gasteiger partial charge in [0.15, 0.2) is 0 Å². The van der Waals surface area contributed by atoms with Crippen LogP contribution in [0.4, 0.5) is 11.4 Å². The molecule has 0 aliphatic rings. The number of aromatic nitrogens is 1. The number of nitrogens with one attached hydrogen (secondary N) is 1. The molecule has 2 aromatic rings. The minimum absolute atomic E-state index is 0.124. The molecule has 7 heteroatoms. The fourth-order valence-electron chi connectivity index (χ4n) is 1.45. The number of halogens is 1. The number of sulfonamides is 1. The van der Waals surface area contributed by atoms with Gasteiger partial charge in [-0.1, -0.05) is 6.07 Å². The van der Waals surface area contributed by atoms with E-state index >= 15 is 0 Å². The highest BCUT2D eigenvalue weighted by Crippen LogP contribution is 2.24. The quantitative estimate of drug-likeness (QED) is 0.840. The molecule has 19 heavy (non-hydrogen) atoms. The summed E-state index contributed by atoms with van der Waals surface area (Å²) >= 11 is 3.23. The zero-order valence-electron chi connectivity index (χ0n) is 10.1. The molecule has 0 aliphatic carbocycles. The summed E-state index contributed by atoms with van der Waals surface area (Å²) in [7, 11) is -3.66. The zero-order valence-corrected chi connectivity index (χ0v) is 12.5. The van der Waals surface area contributed by atoms with Crippen LogP contribution in [0.5, 0.6) is 0 Å². The summed E-state index contributed by atoms with van der Waals surface area (Å²) < 4.78 is 27.5. The van der Waals surface area contributed by atoms with Crippen molar-refractivity contribution in [3.8, 4) is 0 Å². The van der Waals surface area contributed by atoms with Gasteiger partial charge in [0.1, 0.15) is 0 Å². The minimum Gasteiger partial charge on any atom is -0.398 e. The van der Waals surface area contributed by atoms with Crippen molar-refractivity contribution in [1.29, 1.82) is 0 Å². The van der Waals surface area contributed by atoms with Crippen molar-refractivity contribution < 1.29 is 8.42 Å². The van der Waals surface area contributed by atoms with Gasteiger partial charge in [-0.2, -0.15) is 0 Å². The Morgan fingerprint density at radius 3 is 2.68 bits per heavy atom. The van der Waals surface area contributed by atoms with Gasteiger partial charge in [-0.05, 0) is 46.6 Å². The molecule has 0 saturated carbocycles. The first-order chi connectivity index (χ1) is 8.90. The van der Waals surface area contributed by atoms with Crippen molar-refractivity contribution in [2.75, 3.05) is 10.5 Å². The number of benzene rings is 1. The third-order valence-electron chi connectivity index (χ3n) is 2.58. The van der Waals surface area contributed by atoms with Crippen molar-refractivity contribution >= 4 is 37.3 Å². The van der Waals surface area contributed by atoms with E-state index in [-0.39, 0.29) is 4.90 Å². The van der Waals surface area contributed by atoms with E-state index < -0.39 is 10.0 Å². The summed E-state index contributed by atoms with van der Waals surface area (Å²) in [6.07, 6.45) is 3.02. The van der Waals surface area contributed by atoms with Gasteiger partial charge in [0, 0.05) is 18.1 Å². The van der Waals surface area contributed by atoms with Crippen LogP contribution >= 0.6 is 15.9 Å². The van der Waals surface area contributed by atoms with Gasteiger partial charge in [-0.3, -0.25) is 9.71 Å². The summed E-state index contributed by atoms with van der Waals surface area (Å²) in [6.45, 7) is 1.82. The van der Waals surface area contributed by atoms with E-state index in [4.69, 9.17) is 5.73 Å². The van der Waals surface area contributed by atoms with Crippen molar-refractivity contribution in [3.63, 3.8) is 0 Å². The number of aryl methyl sites for hydroxylation is 1. The average molecular weight is 342 g/mol. The predicted octanol–water partition coefficient (Wildman–Crippen LogP) is 2.54. The van der Waals surface area contributed by atoms with E-state index in [0.29, 0.717) is 15.8 Å². The number of nitrogens with zero attached hydrogens (tertiary/aromatic N) is 1. The largest absolute Gasteiger partial charge is 0.398 e. The molecule has 3 N–H and O–H groups in total. The summed E-state index contributed by atoms with van der Waals surface area (Å²) in [4.78, 5) is 4.00. The minimum atomic E-state index is -3.66. The van der Waals surface area contributed by atoms with Crippen LogP contribution in [-0.2, 0) is 10.0 Å². The van der Waals surface area contributed by atoms with E-state index in [1.807, 2.05) is 6.92 Å². The Hall–Kier alpha value is -1.60. The van der Waals surface area contributed by atoms with Crippen LogP contribution < -0.4 is 10.5 Å². The van der Waals surface area contributed by atoms with E-state index in [1.54, 1.807) is 12.1 Å². The highest BCUT2D eigenvalue weighted by molar-refractivity contribution is 9.10. The monoisotopic (exact) mass is 341 g/mol. The van der Waals surface area contributed by atoms with E-state index in [1.165, 1.54) is 24.5 Å². The molecule has 0 bridgehead atoms. The second kappa shape index (κ2) is 5.18. The van der Waals surface area contributed by atoms with Crippen LogP contribution in [0.15, 0.2) is 46.0 Å². The molecule has 1 heterocycles. The Balaban J connectivity index is 2.38. The maximum Gasteiger partial charge on any atom is 0.262 e. The summed E-state index contributed by atoms with van der Waals surface area (Å²) in [5, 5.41) is 0. The second-order valence-corrected chi connectivity index (χ2v) is 6.52. The molecule has 100 valence electrons. The Morgan fingerprint density at radius 2 is 2.05 bits per heavy atom. The molecule has 1 aromatic carbocycles. The number of anilines is 2. The number of hydrogen-bond donors (Lipinski definition) is 2. The van der Waals surface area contributed by atoms with E-state index in [0.717, 1.165) is 5.56 Å². The van der Waals surface area contributed by atoms with Gasteiger partial charge in [0.25, 0.3) is 10.0 Å². The van der Waals surface area contributed by atoms with Crippen molar-refractivity contribution in [2.24, 2.45) is 0 Å². The van der Waals surface area contributed by atoms with Gasteiger partial charge in [0.2, 0.25) is 0 Å². The third kappa shape index (κ3) is 3.05. The molecule has 0 unspecified atom stereocenters. The molecule has 0 amide bonds. The lowest BCUT2D eigenvalue weighted by molar-refractivity contribution is 0.601. The fourth-order valence-corrected chi connectivity index (χ4v) is 3.04. The first-order valence-corrected chi connectivity index (χ1v) is 7.66. The molecule has 1 aromatic heterocycles. The Kier molecular flexibility index (Phi) is 3.77. The van der Waals surface area contributed by atoms with Crippen LogP contribution in [0.3, 0.4) is 0 Å². The lowest BCUT2D eigenvalue weighted by Gasteiger charge is -2.10. The van der Waals surface area contributed by atoms with Gasteiger partial charge >= 0.3 is 0 Å². The Labute approximate surface area is 120 Å². The van der Waals surface area contributed by atoms with Crippen molar-refractivity contribution in [3.05, 3.63) is 46.7 Å². The summed E-state index contributed by atoms with van der Waals surface area (Å²) in [6, 6.07) is 6.19. The maximum atomic E-state index is 12.2. The number of rotatable bonds is 3. The van der Waals surface area contributed by atoms with Crippen molar-refractivity contribution in [2.45, 2.75) is 11.8 Å². The SMILES string of the molecule is Cc1ccc(S(=O)(=O)Nc2ccncc2Br)cc1N. The molecule has 2 rings (SSSR count). The number of nitrogens with two attached hydrogens (primary N) is 1. The van der Waals surface area contributed by atoms with Crippen LogP contribution in [0, 0.1) is 6.92 Å². The molecule has 0 fully saturated rings. The van der Waals surface area contributed by atoms with Gasteiger partial charge < -0.3 is 5.73 Å². The number of nitrogen functional groups attached to an aromatic ring is 1. The molecular weight excluding hydrogens is 330 g/mol. The number of pyridine rings is 1. The Morgan fingerprint density at radius 1 is 1.32 bits per heavy atom. The standard InChI is InChI=1S/C12H12BrN3O2S/c1-8-2-3-9(6-11(8)14)19(17,18)16-12-4-5-15-7-10(12)13/h2-7H,14H2,1H3,(H,15,16). The third-order valence-corrected chi connectivity index (χ3v) is 4.57. The first-order valence-electron chi connectivity index (χ1n) is 5.38. The van der Waals surface area contributed by atoms with E-state index in [9.17, 15) is 8.42 Å². The summed E-state index contributed by atoms with van der Waals surface area (Å²) in [5.41, 5.74) is 7.43. The van der Waals surface area contributed by atoms with Crippen molar-refractivity contribution in [1.82, 2.24) is 4.98 Å². The van der Waals surface area contributed by atoms with Crippen LogP contribution in [-0.4, -0.2) is 13.4 Å². The second-order valence-electron chi connectivity index (χ2n) is 3.98. The summed E-state index contributed by atoms with van der Waals surface area (Å²) in [5.74, 6) is 0. The topological polar surface area (TPSA) is 85.1 Å². The smallest absolute Gasteiger partial charge is 0.262 e. The van der Waals surface area contributed by atoms with Gasteiger partial charge in [-0.15, -0.1) is 0 Å². The molecule has 0 saturated heterocycles. The number of hydrogen-bond acceptors (Lipinski definition) is 4. The van der Waals surface area contributed by atoms with Gasteiger partial charge in [-0.25, -0.2) is 8.42 Å². The normalized spacial score (nSPS) is 11.3. The van der Waals surface area contributed by atoms with E-state index in [2.05, 4.69) is 25.6 Å². The fraction of sp³-hybridized carbons (Fsp3) is 0.0833. The lowest BCUT2D eigenvalue weighted by atomic mass is 10.2. The molecular formula is C12H12BrN3O2S. The Bertz CT molecular complexity index is 717. The highest BCUT2D eigenvalue weighted by Gasteiger charge is 2.16. The average Bonchev–Trinajstić information content (AvgIpc) is 2.35. The molecule has 0 atom stereocenters. The first kappa shape index (κ1) is 13.8. The molecule has 0 radical (unpaired) electrons. The molecule has 5 nitrogen and oxygen atoms in total. The van der Waals surface area contributed by atoms with Crippen LogP contribution in [0.2, 0.25) is 0 Å². The maximum absolute atomic E-state index is 12.2. The molecule has 0 spiro atoms. The van der Waals surface area contributed by atoms with Crippen LogP contribution in [0.1, 0.15) is 5.56 Å². The predicted molar refractivity (Wildman–Crippen MR) is 78.3 cm³/mol. The molecule has 0 aliphatic heterocycles.